The molecule has 1 amide bonds. The van der Waals surface area contributed by atoms with Gasteiger partial charge in [0.2, 0.25) is 0 Å². The van der Waals surface area contributed by atoms with E-state index in [1.165, 1.54) is 6.42 Å². The van der Waals surface area contributed by atoms with E-state index in [1.54, 1.807) is 7.11 Å². The number of amides is 1. The maximum absolute atomic E-state index is 12.6. The SMILES string of the molecule is COc1cc2c(cc1C)C(=O)N1CCCC[C@H]1C=N2. The van der Waals surface area contributed by atoms with E-state index in [2.05, 4.69) is 4.99 Å². The van der Waals surface area contributed by atoms with Crippen LogP contribution in [0.25, 0.3) is 0 Å². The van der Waals surface area contributed by atoms with E-state index in [-0.39, 0.29) is 11.9 Å². The molecule has 2 aliphatic heterocycles. The maximum atomic E-state index is 12.6. The molecule has 100 valence electrons. The normalized spacial score (nSPS) is 21.7. The van der Waals surface area contributed by atoms with E-state index < -0.39 is 0 Å². The molecule has 3 rings (SSSR count). The lowest BCUT2D eigenvalue weighted by Gasteiger charge is -2.32. The highest BCUT2D eigenvalue weighted by Crippen LogP contribution is 2.33. The first-order valence-electron chi connectivity index (χ1n) is 6.74. The van der Waals surface area contributed by atoms with Crippen molar-refractivity contribution in [3.8, 4) is 5.75 Å². The molecule has 1 saturated heterocycles. The first kappa shape index (κ1) is 12.2. The zero-order valence-corrected chi connectivity index (χ0v) is 11.3. The summed E-state index contributed by atoms with van der Waals surface area (Å²) in [5.41, 5.74) is 2.39. The van der Waals surface area contributed by atoms with Crippen LogP contribution in [0, 0.1) is 6.92 Å². The molecule has 4 nitrogen and oxygen atoms in total. The van der Waals surface area contributed by atoms with Crippen LogP contribution in [-0.2, 0) is 0 Å². The van der Waals surface area contributed by atoms with Crippen molar-refractivity contribution in [1.82, 2.24) is 4.90 Å². The number of nitrogens with zero attached hydrogens (tertiary/aromatic N) is 2. The molecule has 0 aromatic heterocycles. The summed E-state index contributed by atoms with van der Waals surface area (Å²) in [6, 6.07) is 3.91. The molecule has 0 spiro atoms. The Bertz CT molecular complexity index is 551. The van der Waals surface area contributed by atoms with Crippen molar-refractivity contribution in [1.29, 1.82) is 0 Å². The number of aryl methyl sites for hydroxylation is 1. The quantitative estimate of drug-likeness (QED) is 0.777. The molecule has 0 bridgehead atoms. The summed E-state index contributed by atoms with van der Waals surface area (Å²) in [6.07, 6.45) is 5.18. The van der Waals surface area contributed by atoms with Gasteiger partial charge < -0.3 is 9.64 Å². The summed E-state index contributed by atoms with van der Waals surface area (Å²) in [6.45, 7) is 2.79. The van der Waals surface area contributed by atoms with Crippen LogP contribution < -0.4 is 4.74 Å². The average Bonchev–Trinajstić information content (AvgIpc) is 2.57. The van der Waals surface area contributed by atoms with Crippen molar-refractivity contribution in [2.75, 3.05) is 13.7 Å². The second kappa shape index (κ2) is 4.68. The first-order chi connectivity index (χ1) is 9.20. The number of fused-ring (bicyclic) bond motifs is 2. The molecule has 1 aromatic rings. The summed E-state index contributed by atoms with van der Waals surface area (Å²) >= 11 is 0. The fourth-order valence-electron chi connectivity index (χ4n) is 2.86. The van der Waals surface area contributed by atoms with Crippen molar-refractivity contribution in [3.63, 3.8) is 0 Å². The van der Waals surface area contributed by atoms with Crippen LogP contribution in [-0.4, -0.2) is 36.7 Å². The largest absolute Gasteiger partial charge is 0.496 e. The van der Waals surface area contributed by atoms with Gasteiger partial charge in [-0.1, -0.05) is 0 Å². The molecule has 1 fully saturated rings. The van der Waals surface area contributed by atoms with Crippen molar-refractivity contribution >= 4 is 17.8 Å². The third-order valence-electron chi connectivity index (χ3n) is 3.94. The summed E-state index contributed by atoms with van der Waals surface area (Å²) in [5, 5.41) is 0. The topological polar surface area (TPSA) is 41.9 Å². The van der Waals surface area contributed by atoms with Gasteiger partial charge in [0.25, 0.3) is 5.91 Å². The lowest BCUT2D eigenvalue weighted by molar-refractivity contribution is 0.0688. The van der Waals surface area contributed by atoms with Crippen LogP contribution in [0.5, 0.6) is 5.75 Å². The second-order valence-electron chi connectivity index (χ2n) is 5.18. The van der Waals surface area contributed by atoms with Gasteiger partial charge in [-0.05, 0) is 37.8 Å². The number of methoxy groups -OCH3 is 1. The van der Waals surface area contributed by atoms with Crippen molar-refractivity contribution in [3.05, 3.63) is 23.3 Å². The van der Waals surface area contributed by atoms with Gasteiger partial charge in [-0.3, -0.25) is 9.79 Å². The van der Waals surface area contributed by atoms with Crippen LogP contribution in [0.3, 0.4) is 0 Å². The van der Waals surface area contributed by atoms with Gasteiger partial charge in [0, 0.05) is 18.8 Å². The first-order valence-corrected chi connectivity index (χ1v) is 6.74. The Balaban J connectivity index is 2.08. The van der Waals surface area contributed by atoms with Gasteiger partial charge >= 0.3 is 0 Å². The fraction of sp³-hybridized carbons (Fsp3) is 0.467. The number of carbonyl (C=O) groups excluding carboxylic acids is 1. The smallest absolute Gasteiger partial charge is 0.256 e. The highest BCUT2D eigenvalue weighted by Gasteiger charge is 2.30. The summed E-state index contributed by atoms with van der Waals surface area (Å²) in [4.78, 5) is 19.1. The predicted octanol–water partition coefficient (Wildman–Crippen LogP) is 2.71. The third kappa shape index (κ3) is 2.01. The van der Waals surface area contributed by atoms with Gasteiger partial charge in [0.05, 0.1) is 24.4 Å². The molecular formula is C15H18N2O2. The van der Waals surface area contributed by atoms with E-state index in [1.807, 2.05) is 30.2 Å². The molecule has 0 unspecified atom stereocenters. The van der Waals surface area contributed by atoms with E-state index in [9.17, 15) is 4.79 Å². The van der Waals surface area contributed by atoms with Gasteiger partial charge in [0.15, 0.2) is 0 Å². The molecular weight excluding hydrogens is 240 g/mol. The minimum absolute atomic E-state index is 0.1000. The zero-order chi connectivity index (χ0) is 13.4. The van der Waals surface area contributed by atoms with Crippen LogP contribution in [0.2, 0.25) is 0 Å². The van der Waals surface area contributed by atoms with Crippen LogP contribution in [0.4, 0.5) is 5.69 Å². The van der Waals surface area contributed by atoms with E-state index in [0.29, 0.717) is 5.56 Å². The average molecular weight is 258 g/mol. The highest BCUT2D eigenvalue weighted by molar-refractivity contribution is 6.03. The van der Waals surface area contributed by atoms with Crippen molar-refractivity contribution < 1.29 is 9.53 Å². The maximum Gasteiger partial charge on any atom is 0.256 e. The number of benzene rings is 1. The molecule has 0 aliphatic carbocycles. The van der Waals surface area contributed by atoms with Crippen LogP contribution in [0.1, 0.15) is 35.2 Å². The minimum Gasteiger partial charge on any atom is -0.496 e. The number of piperidine rings is 1. The van der Waals surface area contributed by atoms with Crippen molar-refractivity contribution in [2.24, 2.45) is 4.99 Å². The number of aliphatic imine (C=N–C) groups is 1. The minimum atomic E-state index is 0.1000. The van der Waals surface area contributed by atoms with E-state index in [0.717, 1.165) is 36.4 Å². The standard InChI is InChI=1S/C15H18N2O2/c1-10-7-12-13(8-14(10)19-2)16-9-11-5-3-4-6-17(11)15(12)18/h7-9,11H,3-6H2,1-2H3/t11-/m0/s1. The van der Waals surface area contributed by atoms with Gasteiger partial charge in [0.1, 0.15) is 5.75 Å². The Kier molecular flexibility index (Phi) is 3.01. The lowest BCUT2D eigenvalue weighted by Crippen LogP contribution is -2.43. The predicted molar refractivity (Wildman–Crippen MR) is 74.6 cm³/mol. The highest BCUT2D eigenvalue weighted by atomic mass is 16.5. The Morgan fingerprint density at radius 1 is 1.37 bits per heavy atom. The number of carbonyl (C=O) groups is 1. The fourth-order valence-corrected chi connectivity index (χ4v) is 2.86. The monoisotopic (exact) mass is 258 g/mol. The molecule has 1 atom stereocenters. The van der Waals surface area contributed by atoms with Gasteiger partial charge in [-0.15, -0.1) is 0 Å². The Labute approximate surface area is 113 Å². The van der Waals surface area contributed by atoms with E-state index in [4.69, 9.17) is 4.74 Å². The summed E-state index contributed by atoms with van der Waals surface area (Å²) in [5.74, 6) is 0.881. The number of hydrogen-bond acceptors (Lipinski definition) is 3. The van der Waals surface area contributed by atoms with E-state index >= 15 is 0 Å². The molecule has 4 heteroatoms. The van der Waals surface area contributed by atoms with Crippen LogP contribution >= 0.6 is 0 Å². The molecule has 19 heavy (non-hydrogen) atoms. The summed E-state index contributed by atoms with van der Waals surface area (Å²) in [7, 11) is 1.64. The molecule has 0 radical (unpaired) electrons. The van der Waals surface area contributed by atoms with Crippen LogP contribution in [0.15, 0.2) is 17.1 Å². The summed E-state index contributed by atoms with van der Waals surface area (Å²) < 4.78 is 5.31. The lowest BCUT2D eigenvalue weighted by atomic mass is 10.0. The van der Waals surface area contributed by atoms with Crippen molar-refractivity contribution in [2.45, 2.75) is 32.2 Å². The zero-order valence-electron chi connectivity index (χ0n) is 11.3. The number of ether oxygens (including phenoxy) is 1. The second-order valence-corrected chi connectivity index (χ2v) is 5.18. The number of hydrogen-bond donors (Lipinski definition) is 0. The Morgan fingerprint density at radius 2 is 2.21 bits per heavy atom. The van der Waals surface area contributed by atoms with Gasteiger partial charge in [-0.25, -0.2) is 0 Å². The Morgan fingerprint density at radius 3 is 3.00 bits per heavy atom. The molecule has 2 heterocycles. The molecule has 1 aromatic carbocycles. The third-order valence-corrected chi connectivity index (χ3v) is 3.94. The molecule has 2 aliphatic rings. The van der Waals surface area contributed by atoms with Gasteiger partial charge in [-0.2, -0.15) is 0 Å². The molecule has 0 saturated carbocycles. The number of rotatable bonds is 1. The Hall–Kier alpha value is -1.84. The molecule has 0 N–H and O–H groups in total.